The van der Waals surface area contributed by atoms with E-state index in [1.54, 1.807) is 25.5 Å². The van der Waals surface area contributed by atoms with Gasteiger partial charge in [0.1, 0.15) is 0 Å². The van der Waals surface area contributed by atoms with Crippen molar-refractivity contribution in [2.24, 2.45) is 5.10 Å². The Hall–Kier alpha value is -1.18. The van der Waals surface area contributed by atoms with Crippen molar-refractivity contribution in [1.29, 1.82) is 0 Å². The van der Waals surface area contributed by atoms with Crippen LogP contribution in [0.1, 0.15) is 25.0 Å². The van der Waals surface area contributed by atoms with E-state index in [0.717, 1.165) is 20.4 Å². The van der Waals surface area contributed by atoms with E-state index in [4.69, 9.17) is 32.7 Å². The summed E-state index contributed by atoms with van der Waals surface area (Å²) in [6.45, 7) is 4.40. The van der Waals surface area contributed by atoms with Gasteiger partial charge in [-0.3, -0.25) is 0 Å². The van der Waals surface area contributed by atoms with Crippen LogP contribution in [0.5, 0.6) is 11.5 Å². The summed E-state index contributed by atoms with van der Waals surface area (Å²) in [5, 5.41) is 5.46. The van der Waals surface area contributed by atoms with Crippen molar-refractivity contribution in [2.75, 3.05) is 7.11 Å². The first-order chi connectivity index (χ1) is 11.9. The molecule has 0 saturated heterocycles. The highest BCUT2D eigenvalue weighted by Gasteiger charge is 2.12. The lowest BCUT2D eigenvalue weighted by atomic mass is 10.2. The zero-order valence-corrected chi connectivity index (χ0v) is 17.8. The van der Waals surface area contributed by atoms with E-state index in [1.807, 2.05) is 32.0 Å². The zero-order valence-electron chi connectivity index (χ0n) is 14.1. The molecule has 0 bridgehead atoms. The number of nitrogens with one attached hydrogen (secondary N) is 1. The van der Waals surface area contributed by atoms with Crippen molar-refractivity contribution < 1.29 is 9.47 Å². The molecule has 0 aliphatic heterocycles. The summed E-state index contributed by atoms with van der Waals surface area (Å²) in [4.78, 5) is 0. The van der Waals surface area contributed by atoms with E-state index in [9.17, 15) is 0 Å². The van der Waals surface area contributed by atoms with E-state index < -0.39 is 0 Å². The topological polar surface area (TPSA) is 42.8 Å². The Morgan fingerprint density at radius 1 is 1.24 bits per heavy atom. The fraction of sp³-hybridized carbons (Fsp3) is 0.278. The third-order valence-corrected chi connectivity index (χ3v) is 4.74. The van der Waals surface area contributed by atoms with Crippen molar-refractivity contribution in [3.05, 3.63) is 55.1 Å². The summed E-state index contributed by atoms with van der Waals surface area (Å²) >= 11 is 14.5. The van der Waals surface area contributed by atoms with Crippen molar-refractivity contribution in [3.63, 3.8) is 0 Å². The van der Waals surface area contributed by atoms with Crippen LogP contribution in [0.4, 0.5) is 0 Å². The van der Waals surface area contributed by atoms with Crippen LogP contribution in [-0.2, 0) is 6.54 Å². The van der Waals surface area contributed by atoms with Crippen LogP contribution in [0.15, 0.2) is 35.4 Å². The third kappa shape index (κ3) is 5.66. The molecule has 25 heavy (non-hydrogen) atoms. The summed E-state index contributed by atoms with van der Waals surface area (Å²) in [6, 6.07) is 9.28. The average molecular weight is 493 g/mol. The Morgan fingerprint density at radius 3 is 2.52 bits per heavy atom. The van der Waals surface area contributed by atoms with Gasteiger partial charge in [-0.15, -0.1) is 0 Å². The van der Waals surface area contributed by atoms with Crippen LogP contribution in [0.25, 0.3) is 0 Å². The van der Waals surface area contributed by atoms with E-state index in [1.165, 1.54) is 0 Å². The molecular formula is C18H19Cl2IN2O2. The van der Waals surface area contributed by atoms with E-state index in [-0.39, 0.29) is 6.10 Å². The van der Waals surface area contributed by atoms with E-state index in [2.05, 4.69) is 33.1 Å². The van der Waals surface area contributed by atoms with Gasteiger partial charge in [0.15, 0.2) is 11.5 Å². The average Bonchev–Trinajstić information content (AvgIpc) is 2.55. The number of benzene rings is 2. The smallest absolute Gasteiger partial charge is 0.174 e. The second kappa shape index (κ2) is 9.50. The van der Waals surface area contributed by atoms with Gasteiger partial charge in [0.2, 0.25) is 0 Å². The number of hydrogen-bond donors (Lipinski definition) is 1. The molecule has 0 aliphatic carbocycles. The summed E-state index contributed by atoms with van der Waals surface area (Å²) < 4.78 is 12.2. The van der Waals surface area contributed by atoms with Crippen LogP contribution >= 0.6 is 45.8 Å². The molecule has 0 heterocycles. The standard InChI is InChI=1S/C18H19Cl2IN2O2/c1-11(2)25-18-16(21)7-12(8-17(18)24-3)9-22-23-10-13-14(19)5-4-6-15(13)20/h4-9,11,23H,10H2,1-3H3/b22-9-. The molecule has 0 atom stereocenters. The molecule has 4 nitrogen and oxygen atoms in total. The molecule has 7 heteroatoms. The minimum atomic E-state index is 0.0731. The van der Waals surface area contributed by atoms with Gasteiger partial charge in [-0.25, -0.2) is 0 Å². The van der Waals surface area contributed by atoms with Gasteiger partial charge in [-0.05, 0) is 66.3 Å². The number of hydrogen-bond acceptors (Lipinski definition) is 4. The molecule has 0 aliphatic rings. The molecule has 2 aromatic carbocycles. The predicted molar refractivity (Wildman–Crippen MR) is 112 cm³/mol. The molecule has 2 rings (SSSR count). The van der Waals surface area contributed by atoms with Gasteiger partial charge < -0.3 is 14.9 Å². The van der Waals surface area contributed by atoms with Crippen LogP contribution < -0.4 is 14.9 Å². The van der Waals surface area contributed by atoms with Gasteiger partial charge in [-0.2, -0.15) is 5.10 Å². The monoisotopic (exact) mass is 492 g/mol. The first-order valence-corrected chi connectivity index (χ1v) is 9.48. The zero-order chi connectivity index (χ0) is 18.4. The first-order valence-electron chi connectivity index (χ1n) is 7.65. The SMILES string of the molecule is COc1cc(/C=N\NCc2c(Cl)cccc2Cl)cc(I)c1OC(C)C. The van der Waals surface area contributed by atoms with Gasteiger partial charge >= 0.3 is 0 Å². The number of hydrazone groups is 1. The van der Waals surface area contributed by atoms with Crippen LogP contribution in [0.2, 0.25) is 10.0 Å². The molecule has 2 aromatic rings. The summed E-state index contributed by atoms with van der Waals surface area (Å²) in [5.41, 5.74) is 4.68. The molecule has 0 saturated carbocycles. The summed E-state index contributed by atoms with van der Waals surface area (Å²) in [5.74, 6) is 1.42. The van der Waals surface area contributed by atoms with Crippen molar-refractivity contribution in [1.82, 2.24) is 5.43 Å². The second-order valence-corrected chi connectivity index (χ2v) is 7.47. The molecular weight excluding hydrogens is 474 g/mol. The van der Waals surface area contributed by atoms with Crippen molar-refractivity contribution >= 4 is 52.0 Å². The van der Waals surface area contributed by atoms with Crippen LogP contribution in [0.3, 0.4) is 0 Å². The molecule has 134 valence electrons. The Balaban J connectivity index is 2.09. The highest BCUT2D eigenvalue weighted by atomic mass is 127. The second-order valence-electron chi connectivity index (χ2n) is 5.49. The molecule has 0 amide bonds. The lowest BCUT2D eigenvalue weighted by Gasteiger charge is -2.15. The first kappa shape index (κ1) is 20.1. The molecule has 0 fully saturated rings. The number of rotatable bonds is 7. The minimum absolute atomic E-state index is 0.0731. The minimum Gasteiger partial charge on any atom is -0.493 e. The number of halogens is 3. The predicted octanol–water partition coefficient (Wildman–Crippen LogP) is 5.52. The third-order valence-electron chi connectivity index (χ3n) is 3.23. The fourth-order valence-corrected chi connectivity index (χ4v) is 3.39. The van der Waals surface area contributed by atoms with E-state index >= 15 is 0 Å². The number of nitrogens with zero attached hydrogens (tertiary/aromatic N) is 1. The molecule has 0 spiro atoms. The molecule has 0 aromatic heterocycles. The highest BCUT2D eigenvalue weighted by Crippen LogP contribution is 2.34. The van der Waals surface area contributed by atoms with Gasteiger partial charge in [0.05, 0.1) is 29.5 Å². The summed E-state index contributed by atoms with van der Waals surface area (Å²) in [6.07, 6.45) is 1.79. The fourth-order valence-electron chi connectivity index (χ4n) is 2.11. The molecule has 0 unspecified atom stereocenters. The lowest BCUT2D eigenvalue weighted by Crippen LogP contribution is -2.09. The number of methoxy groups -OCH3 is 1. The highest BCUT2D eigenvalue weighted by molar-refractivity contribution is 14.1. The quantitative estimate of drug-likeness (QED) is 0.314. The van der Waals surface area contributed by atoms with Gasteiger partial charge in [-0.1, -0.05) is 29.3 Å². The largest absolute Gasteiger partial charge is 0.493 e. The van der Waals surface area contributed by atoms with Crippen LogP contribution in [-0.4, -0.2) is 19.4 Å². The maximum atomic E-state index is 6.14. The Labute approximate surface area is 171 Å². The maximum Gasteiger partial charge on any atom is 0.174 e. The lowest BCUT2D eigenvalue weighted by molar-refractivity contribution is 0.228. The van der Waals surface area contributed by atoms with Crippen molar-refractivity contribution in [2.45, 2.75) is 26.5 Å². The molecule has 1 N–H and O–H groups in total. The molecule has 0 radical (unpaired) electrons. The Kier molecular flexibility index (Phi) is 7.65. The Bertz CT molecular complexity index is 747. The summed E-state index contributed by atoms with van der Waals surface area (Å²) in [7, 11) is 1.62. The van der Waals surface area contributed by atoms with E-state index in [0.29, 0.717) is 22.3 Å². The van der Waals surface area contributed by atoms with Crippen LogP contribution in [0, 0.1) is 3.57 Å². The van der Waals surface area contributed by atoms with Gasteiger partial charge in [0.25, 0.3) is 0 Å². The number of ether oxygens (including phenoxy) is 2. The normalized spacial score (nSPS) is 11.2. The Morgan fingerprint density at radius 2 is 1.92 bits per heavy atom. The van der Waals surface area contributed by atoms with Crippen molar-refractivity contribution in [3.8, 4) is 11.5 Å². The maximum absolute atomic E-state index is 6.14. The van der Waals surface area contributed by atoms with Gasteiger partial charge in [0, 0.05) is 15.6 Å².